The summed E-state index contributed by atoms with van der Waals surface area (Å²) in [5.74, 6) is 1.59. The molecule has 3 rings (SSSR count). The molecule has 0 aliphatic heterocycles. The number of thiazole rings is 1. The Balaban J connectivity index is 1.74. The molecule has 0 spiro atoms. The van der Waals surface area contributed by atoms with Crippen LogP contribution in [0.25, 0.3) is 10.2 Å². The average molecular weight is 257 g/mol. The molecule has 0 saturated carbocycles. The van der Waals surface area contributed by atoms with Crippen molar-refractivity contribution in [3.05, 3.63) is 47.9 Å². The molecule has 0 atom stereocenters. The van der Waals surface area contributed by atoms with Gasteiger partial charge in [0.25, 0.3) is 0 Å². The molecule has 0 unspecified atom stereocenters. The fraction of sp³-hybridized carbons (Fsp3) is 0.0769. The molecule has 90 valence electrons. The first-order valence-electron chi connectivity index (χ1n) is 5.52. The molecule has 1 aromatic carbocycles. The normalized spacial score (nSPS) is 11.4. The van der Waals surface area contributed by atoms with E-state index in [1.807, 2.05) is 43.3 Å². The van der Waals surface area contributed by atoms with Crippen molar-refractivity contribution in [3.8, 4) is 0 Å². The van der Waals surface area contributed by atoms with E-state index in [1.165, 1.54) is 0 Å². The number of nitrogens with one attached hydrogen (secondary N) is 1. The molecule has 3 aromatic rings. The van der Waals surface area contributed by atoms with Gasteiger partial charge in [-0.2, -0.15) is 5.10 Å². The highest BCUT2D eigenvalue weighted by Crippen LogP contribution is 2.25. The lowest BCUT2D eigenvalue weighted by atomic mass is 10.3. The Morgan fingerprint density at radius 2 is 2.17 bits per heavy atom. The van der Waals surface area contributed by atoms with Gasteiger partial charge in [-0.15, -0.1) is 0 Å². The number of benzene rings is 1. The average Bonchev–Trinajstić information content (AvgIpc) is 2.95. The van der Waals surface area contributed by atoms with E-state index < -0.39 is 0 Å². The van der Waals surface area contributed by atoms with Crippen LogP contribution in [-0.2, 0) is 0 Å². The van der Waals surface area contributed by atoms with Crippen LogP contribution >= 0.6 is 11.3 Å². The van der Waals surface area contributed by atoms with Gasteiger partial charge in [-0.1, -0.05) is 23.5 Å². The number of aromatic nitrogens is 1. The minimum Gasteiger partial charge on any atom is -0.460 e. The van der Waals surface area contributed by atoms with Crippen molar-refractivity contribution < 1.29 is 4.42 Å². The lowest BCUT2D eigenvalue weighted by Gasteiger charge is -1.90. The lowest BCUT2D eigenvalue weighted by Crippen LogP contribution is -1.88. The number of hydrogen-bond acceptors (Lipinski definition) is 5. The van der Waals surface area contributed by atoms with Crippen molar-refractivity contribution in [2.75, 3.05) is 5.43 Å². The van der Waals surface area contributed by atoms with E-state index in [1.54, 1.807) is 17.6 Å². The summed E-state index contributed by atoms with van der Waals surface area (Å²) in [4.78, 5) is 4.41. The molecule has 0 aliphatic rings. The Labute approximate surface area is 108 Å². The summed E-state index contributed by atoms with van der Waals surface area (Å²) in [6.45, 7) is 1.90. The van der Waals surface area contributed by atoms with Crippen LogP contribution < -0.4 is 5.43 Å². The molecule has 0 bridgehead atoms. The number of fused-ring (bicyclic) bond motifs is 1. The van der Waals surface area contributed by atoms with Gasteiger partial charge < -0.3 is 4.42 Å². The van der Waals surface area contributed by atoms with E-state index in [-0.39, 0.29) is 0 Å². The SMILES string of the molecule is Cc1ccc(C=NNc2nc3ccccc3s2)o1. The van der Waals surface area contributed by atoms with Gasteiger partial charge in [0.1, 0.15) is 11.5 Å². The summed E-state index contributed by atoms with van der Waals surface area (Å²) >= 11 is 1.57. The van der Waals surface area contributed by atoms with Crippen LogP contribution in [0.1, 0.15) is 11.5 Å². The van der Waals surface area contributed by atoms with Crippen LogP contribution in [0.5, 0.6) is 0 Å². The zero-order valence-corrected chi connectivity index (χ0v) is 10.6. The second-order valence-electron chi connectivity index (χ2n) is 3.81. The first-order chi connectivity index (χ1) is 8.81. The number of rotatable bonds is 3. The van der Waals surface area contributed by atoms with Gasteiger partial charge in [-0.05, 0) is 31.2 Å². The predicted molar refractivity (Wildman–Crippen MR) is 74.3 cm³/mol. The van der Waals surface area contributed by atoms with Crippen molar-refractivity contribution in [2.24, 2.45) is 5.10 Å². The number of nitrogens with zero attached hydrogens (tertiary/aromatic N) is 2. The zero-order chi connectivity index (χ0) is 12.4. The Morgan fingerprint density at radius 1 is 1.28 bits per heavy atom. The van der Waals surface area contributed by atoms with Crippen LogP contribution in [-0.4, -0.2) is 11.2 Å². The molecule has 0 fully saturated rings. The first kappa shape index (κ1) is 11.0. The number of hydrogen-bond donors (Lipinski definition) is 1. The summed E-state index contributed by atoms with van der Waals surface area (Å²) in [6.07, 6.45) is 1.64. The molecular weight excluding hydrogens is 246 g/mol. The molecule has 0 aliphatic carbocycles. The third-order valence-corrected chi connectivity index (χ3v) is 3.35. The van der Waals surface area contributed by atoms with Gasteiger partial charge in [-0.25, -0.2) is 4.98 Å². The fourth-order valence-electron chi connectivity index (χ4n) is 1.59. The largest absolute Gasteiger partial charge is 0.460 e. The second-order valence-corrected chi connectivity index (χ2v) is 4.84. The van der Waals surface area contributed by atoms with E-state index in [4.69, 9.17) is 4.42 Å². The third-order valence-electron chi connectivity index (χ3n) is 2.41. The Kier molecular flexibility index (Phi) is 2.82. The van der Waals surface area contributed by atoms with Crippen LogP contribution in [0, 0.1) is 6.92 Å². The summed E-state index contributed by atoms with van der Waals surface area (Å²) in [6, 6.07) is 11.8. The van der Waals surface area contributed by atoms with Gasteiger partial charge in [0.15, 0.2) is 0 Å². The predicted octanol–water partition coefficient (Wildman–Crippen LogP) is 3.64. The van der Waals surface area contributed by atoms with E-state index in [2.05, 4.69) is 15.5 Å². The van der Waals surface area contributed by atoms with E-state index in [0.717, 1.165) is 26.9 Å². The van der Waals surface area contributed by atoms with Crippen molar-refractivity contribution in [2.45, 2.75) is 6.92 Å². The zero-order valence-electron chi connectivity index (χ0n) is 9.75. The summed E-state index contributed by atoms with van der Waals surface area (Å²) in [5.41, 5.74) is 3.89. The van der Waals surface area contributed by atoms with Crippen LogP contribution in [0.2, 0.25) is 0 Å². The summed E-state index contributed by atoms with van der Waals surface area (Å²) in [5, 5.41) is 4.87. The van der Waals surface area contributed by atoms with Gasteiger partial charge in [0.05, 0.1) is 16.4 Å². The Bertz CT molecular complexity index is 666. The number of anilines is 1. The molecule has 1 N–H and O–H groups in total. The first-order valence-corrected chi connectivity index (χ1v) is 6.34. The van der Waals surface area contributed by atoms with Gasteiger partial charge in [-0.3, -0.25) is 5.43 Å². The van der Waals surface area contributed by atoms with Gasteiger partial charge in [0.2, 0.25) is 5.13 Å². The number of para-hydroxylation sites is 1. The quantitative estimate of drug-likeness (QED) is 0.575. The monoisotopic (exact) mass is 257 g/mol. The van der Waals surface area contributed by atoms with Crippen LogP contribution in [0.4, 0.5) is 5.13 Å². The minimum absolute atomic E-state index is 0.723. The highest BCUT2D eigenvalue weighted by atomic mass is 32.1. The summed E-state index contributed by atoms with van der Waals surface area (Å²) in [7, 11) is 0. The molecule has 4 nitrogen and oxygen atoms in total. The molecule has 0 amide bonds. The van der Waals surface area contributed by atoms with E-state index >= 15 is 0 Å². The maximum atomic E-state index is 5.37. The Hall–Kier alpha value is -2.14. The number of aryl methyl sites for hydroxylation is 1. The highest BCUT2D eigenvalue weighted by Gasteiger charge is 2.00. The van der Waals surface area contributed by atoms with Crippen LogP contribution in [0.15, 0.2) is 45.9 Å². The fourth-order valence-corrected chi connectivity index (χ4v) is 2.41. The number of furan rings is 1. The molecular formula is C13H11N3OS. The van der Waals surface area contributed by atoms with Gasteiger partial charge in [0, 0.05) is 0 Å². The minimum atomic E-state index is 0.723. The molecule has 18 heavy (non-hydrogen) atoms. The van der Waals surface area contributed by atoms with Crippen molar-refractivity contribution >= 4 is 32.9 Å². The topological polar surface area (TPSA) is 50.4 Å². The molecule has 0 saturated heterocycles. The Morgan fingerprint density at radius 3 is 2.94 bits per heavy atom. The maximum absolute atomic E-state index is 5.37. The molecule has 5 heteroatoms. The standard InChI is InChI=1S/C13H11N3OS/c1-9-6-7-10(17-9)8-14-16-13-15-11-4-2-3-5-12(11)18-13/h2-8H,1H3,(H,15,16). The maximum Gasteiger partial charge on any atom is 0.204 e. The van der Waals surface area contributed by atoms with Crippen molar-refractivity contribution in [1.29, 1.82) is 0 Å². The molecule has 2 heterocycles. The van der Waals surface area contributed by atoms with Crippen molar-refractivity contribution in [3.63, 3.8) is 0 Å². The van der Waals surface area contributed by atoms with E-state index in [9.17, 15) is 0 Å². The molecule has 0 radical (unpaired) electrons. The smallest absolute Gasteiger partial charge is 0.204 e. The van der Waals surface area contributed by atoms with Crippen LogP contribution in [0.3, 0.4) is 0 Å². The molecule has 2 aromatic heterocycles. The third kappa shape index (κ3) is 2.26. The summed E-state index contributed by atoms with van der Waals surface area (Å²) < 4.78 is 6.52. The van der Waals surface area contributed by atoms with E-state index in [0.29, 0.717) is 0 Å². The highest BCUT2D eigenvalue weighted by molar-refractivity contribution is 7.22. The second kappa shape index (κ2) is 4.62. The van der Waals surface area contributed by atoms with Crippen molar-refractivity contribution in [1.82, 2.24) is 4.98 Å². The lowest BCUT2D eigenvalue weighted by molar-refractivity contribution is 0.528. The number of hydrazone groups is 1. The van der Waals surface area contributed by atoms with Gasteiger partial charge >= 0.3 is 0 Å².